The first-order valence-electron chi connectivity index (χ1n) is 10.3. The lowest BCUT2D eigenvalue weighted by atomic mass is 10.1. The minimum Gasteiger partial charge on any atom is -0.497 e. The SMILES string of the molecule is COc1ccc(OC)c(N2C(=O)/C(=C\c3cc(C)n(-c4ccc(F)cc4)c3C)C(=O)NC2=S)c1. The van der Waals surface area contributed by atoms with E-state index in [4.69, 9.17) is 21.7 Å². The molecular weight excluding hydrogens is 457 g/mol. The fourth-order valence-electron chi connectivity index (χ4n) is 3.92. The van der Waals surface area contributed by atoms with Crippen LogP contribution in [0.15, 0.2) is 54.1 Å². The molecule has 2 heterocycles. The largest absolute Gasteiger partial charge is 0.497 e. The maximum absolute atomic E-state index is 13.5. The smallest absolute Gasteiger partial charge is 0.270 e. The van der Waals surface area contributed by atoms with Crippen molar-refractivity contribution in [2.45, 2.75) is 13.8 Å². The molecule has 34 heavy (non-hydrogen) atoms. The van der Waals surface area contributed by atoms with Gasteiger partial charge in [-0.1, -0.05) is 0 Å². The summed E-state index contributed by atoms with van der Waals surface area (Å²) in [4.78, 5) is 27.5. The van der Waals surface area contributed by atoms with Gasteiger partial charge in [0.15, 0.2) is 5.11 Å². The predicted octanol–water partition coefficient (Wildman–Crippen LogP) is 4.08. The van der Waals surface area contributed by atoms with Crippen molar-refractivity contribution in [2.24, 2.45) is 0 Å². The molecule has 2 amide bonds. The number of aromatic nitrogens is 1. The van der Waals surface area contributed by atoms with Gasteiger partial charge in [-0.15, -0.1) is 0 Å². The number of halogens is 1. The number of anilines is 1. The Morgan fingerprint density at radius 2 is 1.71 bits per heavy atom. The highest BCUT2D eigenvalue weighted by Gasteiger charge is 2.36. The maximum atomic E-state index is 13.5. The van der Waals surface area contributed by atoms with Crippen LogP contribution in [-0.2, 0) is 9.59 Å². The molecule has 0 bridgehead atoms. The van der Waals surface area contributed by atoms with Crippen LogP contribution in [0.1, 0.15) is 17.0 Å². The van der Waals surface area contributed by atoms with E-state index in [0.29, 0.717) is 22.7 Å². The Kier molecular flexibility index (Phi) is 6.21. The summed E-state index contributed by atoms with van der Waals surface area (Å²) in [5.74, 6) is -0.633. The highest BCUT2D eigenvalue weighted by atomic mass is 32.1. The number of ether oxygens (including phenoxy) is 2. The van der Waals surface area contributed by atoms with Gasteiger partial charge in [-0.3, -0.25) is 14.9 Å². The zero-order valence-electron chi connectivity index (χ0n) is 19.0. The number of nitrogens with zero attached hydrogens (tertiary/aromatic N) is 2. The van der Waals surface area contributed by atoms with E-state index in [1.54, 1.807) is 30.3 Å². The van der Waals surface area contributed by atoms with E-state index in [1.807, 2.05) is 24.5 Å². The van der Waals surface area contributed by atoms with Gasteiger partial charge >= 0.3 is 0 Å². The molecule has 1 fully saturated rings. The Morgan fingerprint density at radius 1 is 1.00 bits per heavy atom. The number of hydrogen-bond donors (Lipinski definition) is 1. The van der Waals surface area contributed by atoms with Crippen molar-refractivity contribution in [1.82, 2.24) is 9.88 Å². The molecule has 174 valence electrons. The van der Waals surface area contributed by atoms with Crippen LogP contribution in [0.4, 0.5) is 10.1 Å². The number of methoxy groups -OCH3 is 2. The van der Waals surface area contributed by atoms with Crippen molar-refractivity contribution in [3.8, 4) is 17.2 Å². The molecule has 9 heteroatoms. The van der Waals surface area contributed by atoms with Crippen molar-refractivity contribution in [3.63, 3.8) is 0 Å². The number of carbonyl (C=O) groups is 2. The molecule has 0 atom stereocenters. The minimum absolute atomic E-state index is 0.0597. The van der Waals surface area contributed by atoms with Crippen LogP contribution in [0.2, 0.25) is 0 Å². The number of nitrogens with one attached hydrogen (secondary N) is 1. The van der Waals surface area contributed by atoms with Crippen LogP contribution in [0.25, 0.3) is 11.8 Å². The molecule has 0 radical (unpaired) electrons. The Bertz CT molecular complexity index is 1340. The monoisotopic (exact) mass is 479 g/mol. The molecule has 1 aromatic heterocycles. The Morgan fingerprint density at radius 3 is 2.35 bits per heavy atom. The molecule has 2 aromatic carbocycles. The Hall–Kier alpha value is -3.98. The second-order valence-electron chi connectivity index (χ2n) is 7.63. The summed E-state index contributed by atoms with van der Waals surface area (Å²) in [6.45, 7) is 3.76. The highest BCUT2D eigenvalue weighted by molar-refractivity contribution is 7.80. The fourth-order valence-corrected chi connectivity index (χ4v) is 4.20. The number of thiocarbonyl (C=S) groups is 1. The highest BCUT2D eigenvalue weighted by Crippen LogP contribution is 2.35. The van der Waals surface area contributed by atoms with E-state index in [2.05, 4.69) is 5.32 Å². The van der Waals surface area contributed by atoms with Crippen molar-refractivity contribution in [3.05, 3.63) is 76.9 Å². The minimum atomic E-state index is -0.598. The van der Waals surface area contributed by atoms with Crippen LogP contribution in [-0.4, -0.2) is 35.7 Å². The Labute approximate surface area is 201 Å². The molecule has 0 aliphatic carbocycles. The maximum Gasteiger partial charge on any atom is 0.270 e. The molecule has 0 unspecified atom stereocenters. The summed E-state index contributed by atoms with van der Waals surface area (Å²) in [6, 6.07) is 12.9. The van der Waals surface area contributed by atoms with Crippen molar-refractivity contribution >= 4 is 40.9 Å². The number of rotatable bonds is 5. The lowest BCUT2D eigenvalue weighted by Gasteiger charge is -2.30. The van der Waals surface area contributed by atoms with Crippen LogP contribution in [0, 0.1) is 19.7 Å². The molecule has 0 spiro atoms. The van der Waals surface area contributed by atoms with Gasteiger partial charge in [0.05, 0.1) is 19.9 Å². The summed E-state index contributed by atoms with van der Waals surface area (Å²) < 4.78 is 26.0. The fraction of sp³-hybridized carbons (Fsp3) is 0.160. The average molecular weight is 480 g/mol. The first-order chi connectivity index (χ1) is 16.2. The predicted molar refractivity (Wildman–Crippen MR) is 131 cm³/mol. The van der Waals surface area contributed by atoms with Crippen LogP contribution in [0.3, 0.4) is 0 Å². The van der Waals surface area contributed by atoms with E-state index in [-0.39, 0.29) is 16.5 Å². The van der Waals surface area contributed by atoms with Gasteiger partial charge in [0, 0.05) is 23.1 Å². The van der Waals surface area contributed by atoms with E-state index in [1.165, 1.54) is 37.3 Å². The topological polar surface area (TPSA) is 72.8 Å². The standard InChI is InChI=1S/C25H22FN3O4S/c1-14-11-16(15(2)28(14)18-7-5-17(26)6-8-18)12-20-23(30)27-25(34)29(24(20)31)21-13-19(32-3)9-10-22(21)33-4/h5-13H,1-4H3,(H,27,30,34)/b20-12-. The summed E-state index contributed by atoms with van der Waals surface area (Å²) >= 11 is 5.31. The second kappa shape index (κ2) is 9.11. The van der Waals surface area contributed by atoms with Gasteiger partial charge in [0.25, 0.3) is 11.8 Å². The molecule has 1 N–H and O–H groups in total. The van der Waals surface area contributed by atoms with E-state index >= 15 is 0 Å². The number of amides is 2. The number of aryl methyl sites for hydroxylation is 1. The van der Waals surface area contributed by atoms with Crippen LogP contribution >= 0.6 is 12.2 Å². The molecule has 1 saturated heterocycles. The van der Waals surface area contributed by atoms with Crippen molar-refractivity contribution < 1.29 is 23.5 Å². The average Bonchev–Trinajstić information content (AvgIpc) is 3.09. The van der Waals surface area contributed by atoms with Gasteiger partial charge in [-0.2, -0.15) is 0 Å². The molecule has 0 saturated carbocycles. The molecule has 3 aromatic rings. The van der Waals surface area contributed by atoms with Crippen molar-refractivity contribution in [2.75, 3.05) is 19.1 Å². The quantitative estimate of drug-likeness (QED) is 0.339. The lowest BCUT2D eigenvalue weighted by Crippen LogP contribution is -2.54. The molecule has 1 aliphatic heterocycles. The first-order valence-corrected chi connectivity index (χ1v) is 10.7. The van der Waals surface area contributed by atoms with Gasteiger partial charge in [-0.25, -0.2) is 9.29 Å². The zero-order valence-corrected chi connectivity index (χ0v) is 19.8. The summed E-state index contributed by atoms with van der Waals surface area (Å²) in [5, 5.41) is 2.52. The lowest BCUT2D eigenvalue weighted by molar-refractivity contribution is -0.122. The third-order valence-corrected chi connectivity index (χ3v) is 5.87. The van der Waals surface area contributed by atoms with E-state index in [9.17, 15) is 14.0 Å². The van der Waals surface area contributed by atoms with Gasteiger partial charge in [-0.05, 0) is 80.2 Å². The number of hydrogen-bond acceptors (Lipinski definition) is 5. The van der Waals surface area contributed by atoms with Gasteiger partial charge < -0.3 is 14.0 Å². The van der Waals surface area contributed by atoms with Crippen LogP contribution in [0.5, 0.6) is 11.5 Å². The number of benzene rings is 2. The second-order valence-corrected chi connectivity index (χ2v) is 8.02. The Balaban J connectivity index is 1.78. The molecule has 4 rings (SSSR count). The van der Waals surface area contributed by atoms with E-state index in [0.717, 1.165) is 17.1 Å². The summed E-state index contributed by atoms with van der Waals surface area (Å²) in [5.41, 5.74) is 3.35. The summed E-state index contributed by atoms with van der Waals surface area (Å²) in [6.07, 6.45) is 1.53. The zero-order chi connectivity index (χ0) is 24.6. The molecule has 1 aliphatic rings. The normalized spacial score (nSPS) is 15.0. The van der Waals surface area contributed by atoms with Crippen molar-refractivity contribution in [1.29, 1.82) is 0 Å². The van der Waals surface area contributed by atoms with Gasteiger partial charge in [0.1, 0.15) is 22.9 Å². The first kappa shape index (κ1) is 23.2. The van der Waals surface area contributed by atoms with Gasteiger partial charge in [0.2, 0.25) is 0 Å². The third kappa shape index (κ3) is 4.06. The third-order valence-electron chi connectivity index (χ3n) is 5.58. The molecule has 7 nitrogen and oxygen atoms in total. The number of carbonyl (C=O) groups excluding carboxylic acids is 2. The molecular formula is C25H22FN3O4S. The van der Waals surface area contributed by atoms with Crippen LogP contribution < -0.4 is 19.7 Å². The van der Waals surface area contributed by atoms with E-state index < -0.39 is 11.8 Å². The summed E-state index contributed by atoms with van der Waals surface area (Å²) in [7, 11) is 2.98.